The number of benzene rings is 1. The fourth-order valence-electron chi connectivity index (χ4n) is 2.75. The maximum absolute atomic E-state index is 13.0. The van der Waals surface area contributed by atoms with Crippen molar-refractivity contribution in [1.82, 2.24) is 9.88 Å². The SMILES string of the molecule is COc1ccc(Cl)c2sc(N(CCCN(C)C)C(=O)Cc3cccs3)nc12. The molecule has 5 nitrogen and oxygen atoms in total. The van der Waals surface area contributed by atoms with E-state index in [0.29, 0.717) is 34.4 Å². The summed E-state index contributed by atoms with van der Waals surface area (Å²) in [5, 5.41) is 3.27. The lowest BCUT2D eigenvalue weighted by atomic mass is 10.3. The molecular weight excluding hydrogens is 402 g/mol. The number of carbonyl (C=O) groups excluding carboxylic acids is 1. The first kappa shape index (κ1) is 20.1. The largest absolute Gasteiger partial charge is 0.494 e. The molecule has 1 aromatic carbocycles. The highest BCUT2D eigenvalue weighted by Gasteiger charge is 2.22. The van der Waals surface area contributed by atoms with Crippen molar-refractivity contribution >= 4 is 55.5 Å². The van der Waals surface area contributed by atoms with Crippen LogP contribution in [-0.4, -0.2) is 50.1 Å². The van der Waals surface area contributed by atoms with Crippen LogP contribution in [0.4, 0.5) is 5.13 Å². The van der Waals surface area contributed by atoms with Crippen molar-refractivity contribution in [2.75, 3.05) is 39.2 Å². The number of methoxy groups -OCH3 is 1. The fraction of sp³-hybridized carbons (Fsp3) is 0.368. The standard InChI is InChI=1S/C19H22ClN3O2S2/c1-22(2)9-5-10-23(16(24)12-13-6-4-11-26-13)19-21-17-15(25-3)8-7-14(20)18(17)27-19/h4,6-8,11H,5,9-10,12H2,1-3H3. The Morgan fingerprint density at radius 2 is 2.07 bits per heavy atom. The number of carbonyl (C=O) groups is 1. The van der Waals surface area contributed by atoms with Crippen LogP contribution in [0.2, 0.25) is 5.02 Å². The highest BCUT2D eigenvalue weighted by atomic mass is 35.5. The Balaban J connectivity index is 1.92. The zero-order valence-electron chi connectivity index (χ0n) is 15.6. The van der Waals surface area contributed by atoms with Gasteiger partial charge in [0.25, 0.3) is 0 Å². The quantitative estimate of drug-likeness (QED) is 0.533. The summed E-state index contributed by atoms with van der Waals surface area (Å²) in [6, 6.07) is 7.55. The zero-order chi connectivity index (χ0) is 19.4. The first-order valence-corrected chi connectivity index (χ1v) is 10.7. The number of fused-ring (bicyclic) bond motifs is 1. The monoisotopic (exact) mass is 423 g/mol. The molecule has 1 amide bonds. The van der Waals surface area contributed by atoms with E-state index in [2.05, 4.69) is 4.90 Å². The molecule has 0 saturated heterocycles. The second-order valence-corrected chi connectivity index (χ2v) is 8.80. The number of halogens is 1. The van der Waals surface area contributed by atoms with Gasteiger partial charge in [-0.3, -0.25) is 9.69 Å². The van der Waals surface area contributed by atoms with Crippen molar-refractivity contribution in [3.8, 4) is 5.75 Å². The molecule has 0 atom stereocenters. The second-order valence-electron chi connectivity index (χ2n) is 6.38. The van der Waals surface area contributed by atoms with E-state index in [-0.39, 0.29) is 5.91 Å². The Morgan fingerprint density at radius 3 is 2.74 bits per heavy atom. The van der Waals surface area contributed by atoms with Crippen LogP contribution in [0, 0.1) is 0 Å². The summed E-state index contributed by atoms with van der Waals surface area (Å²) in [7, 11) is 5.67. The van der Waals surface area contributed by atoms with E-state index in [4.69, 9.17) is 21.3 Å². The van der Waals surface area contributed by atoms with E-state index in [9.17, 15) is 4.79 Å². The van der Waals surface area contributed by atoms with Crippen LogP contribution in [0.25, 0.3) is 10.2 Å². The average molecular weight is 424 g/mol. The number of amides is 1. The van der Waals surface area contributed by atoms with Crippen LogP contribution in [0.5, 0.6) is 5.75 Å². The molecule has 2 heterocycles. The van der Waals surface area contributed by atoms with Gasteiger partial charge in [0.1, 0.15) is 11.3 Å². The van der Waals surface area contributed by atoms with Crippen LogP contribution >= 0.6 is 34.3 Å². The minimum Gasteiger partial charge on any atom is -0.494 e. The van der Waals surface area contributed by atoms with E-state index < -0.39 is 0 Å². The Labute approximate surface area is 172 Å². The summed E-state index contributed by atoms with van der Waals surface area (Å²) in [5.74, 6) is 0.709. The van der Waals surface area contributed by atoms with Crippen molar-refractivity contribution in [2.45, 2.75) is 12.8 Å². The first-order valence-electron chi connectivity index (χ1n) is 8.60. The van der Waals surface area contributed by atoms with Crippen LogP contribution < -0.4 is 9.64 Å². The third-order valence-electron chi connectivity index (χ3n) is 4.09. The maximum atomic E-state index is 13.0. The van der Waals surface area contributed by atoms with Crippen molar-refractivity contribution in [2.24, 2.45) is 0 Å². The number of hydrogen-bond donors (Lipinski definition) is 0. The summed E-state index contributed by atoms with van der Waals surface area (Å²) >= 11 is 9.38. The van der Waals surface area contributed by atoms with Gasteiger partial charge in [-0.1, -0.05) is 29.0 Å². The Bertz CT molecular complexity index is 909. The number of hydrogen-bond acceptors (Lipinski definition) is 6. The number of anilines is 1. The molecule has 2 aromatic heterocycles. The van der Waals surface area contributed by atoms with E-state index in [1.807, 2.05) is 31.6 Å². The molecule has 0 fully saturated rings. The molecule has 8 heteroatoms. The minimum atomic E-state index is 0.0466. The van der Waals surface area contributed by atoms with E-state index in [1.54, 1.807) is 35.5 Å². The number of aromatic nitrogens is 1. The lowest BCUT2D eigenvalue weighted by Gasteiger charge is -2.20. The highest BCUT2D eigenvalue weighted by molar-refractivity contribution is 7.23. The average Bonchev–Trinajstić information content (AvgIpc) is 3.29. The maximum Gasteiger partial charge on any atom is 0.234 e. The number of rotatable bonds is 8. The molecule has 0 bridgehead atoms. The number of thiazole rings is 1. The van der Waals surface area contributed by atoms with Gasteiger partial charge in [-0.2, -0.15) is 0 Å². The Kier molecular flexibility index (Phi) is 6.70. The summed E-state index contributed by atoms with van der Waals surface area (Å²) in [6.07, 6.45) is 1.24. The summed E-state index contributed by atoms with van der Waals surface area (Å²) in [5.41, 5.74) is 0.700. The van der Waals surface area contributed by atoms with Gasteiger partial charge in [0, 0.05) is 11.4 Å². The molecule has 3 rings (SSSR count). The molecule has 0 aliphatic carbocycles. The van der Waals surface area contributed by atoms with Gasteiger partial charge in [-0.25, -0.2) is 4.98 Å². The molecule has 0 saturated carbocycles. The smallest absolute Gasteiger partial charge is 0.234 e. The summed E-state index contributed by atoms with van der Waals surface area (Å²) < 4.78 is 6.25. The molecule has 3 aromatic rings. The minimum absolute atomic E-state index is 0.0466. The van der Waals surface area contributed by atoms with Crippen molar-refractivity contribution in [1.29, 1.82) is 0 Å². The van der Waals surface area contributed by atoms with Crippen LogP contribution in [-0.2, 0) is 11.2 Å². The molecule has 0 unspecified atom stereocenters. The fourth-order valence-corrected chi connectivity index (χ4v) is 4.75. The van der Waals surface area contributed by atoms with Gasteiger partial charge < -0.3 is 9.64 Å². The molecule has 0 aliphatic heterocycles. The van der Waals surface area contributed by atoms with Gasteiger partial charge in [-0.15, -0.1) is 11.3 Å². The van der Waals surface area contributed by atoms with Crippen LogP contribution in [0.15, 0.2) is 29.6 Å². The molecule has 0 N–H and O–H groups in total. The van der Waals surface area contributed by atoms with Crippen molar-refractivity contribution in [3.05, 3.63) is 39.5 Å². The van der Waals surface area contributed by atoms with Gasteiger partial charge in [0.15, 0.2) is 5.13 Å². The molecule has 0 aliphatic rings. The topological polar surface area (TPSA) is 45.7 Å². The zero-order valence-corrected chi connectivity index (χ0v) is 18.0. The Hall–Kier alpha value is -1.67. The van der Waals surface area contributed by atoms with Gasteiger partial charge >= 0.3 is 0 Å². The molecule has 27 heavy (non-hydrogen) atoms. The summed E-state index contributed by atoms with van der Waals surface area (Å²) in [6.45, 7) is 1.51. The van der Waals surface area contributed by atoms with Gasteiger partial charge in [0.2, 0.25) is 5.91 Å². The number of nitrogens with zero attached hydrogens (tertiary/aromatic N) is 3. The first-order chi connectivity index (χ1) is 13.0. The van der Waals surface area contributed by atoms with Crippen molar-refractivity contribution < 1.29 is 9.53 Å². The highest BCUT2D eigenvalue weighted by Crippen LogP contribution is 2.38. The molecule has 0 radical (unpaired) electrons. The molecule has 0 spiro atoms. The number of thiophene rings is 1. The van der Waals surface area contributed by atoms with Crippen LogP contribution in [0.1, 0.15) is 11.3 Å². The van der Waals surface area contributed by atoms with Gasteiger partial charge in [0.05, 0.1) is 23.3 Å². The molecule has 144 valence electrons. The van der Waals surface area contributed by atoms with E-state index >= 15 is 0 Å². The second kappa shape index (κ2) is 9.01. The lowest BCUT2D eigenvalue weighted by molar-refractivity contribution is -0.118. The predicted molar refractivity (Wildman–Crippen MR) is 115 cm³/mol. The Morgan fingerprint density at radius 1 is 1.26 bits per heavy atom. The van der Waals surface area contributed by atoms with E-state index in [1.165, 1.54) is 11.3 Å². The third-order valence-corrected chi connectivity index (χ3v) is 6.51. The predicted octanol–water partition coefficient (Wildman–Crippen LogP) is 4.55. The third kappa shape index (κ3) is 4.79. The molecular formula is C19H22ClN3O2S2. The van der Waals surface area contributed by atoms with E-state index in [0.717, 1.165) is 22.5 Å². The van der Waals surface area contributed by atoms with Crippen molar-refractivity contribution in [3.63, 3.8) is 0 Å². The number of ether oxygens (including phenoxy) is 1. The van der Waals surface area contributed by atoms with Crippen LogP contribution in [0.3, 0.4) is 0 Å². The van der Waals surface area contributed by atoms with Gasteiger partial charge in [-0.05, 0) is 50.6 Å². The normalized spacial score (nSPS) is 11.3. The lowest BCUT2D eigenvalue weighted by Crippen LogP contribution is -2.34. The summed E-state index contributed by atoms with van der Waals surface area (Å²) in [4.78, 5) is 22.7.